The highest BCUT2D eigenvalue weighted by Crippen LogP contribution is 1.93. The van der Waals surface area contributed by atoms with E-state index in [2.05, 4.69) is 0 Å². The number of hydrogen-bond acceptors (Lipinski definition) is 3. The minimum atomic E-state index is -0.238. The largest absolute Gasteiger partial charge is 0.461 e. The molecule has 0 N–H and O–H groups in total. The third-order valence-corrected chi connectivity index (χ3v) is 1.05. The van der Waals surface area contributed by atoms with E-state index in [1.54, 1.807) is 0 Å². The lowest BCUT2D eigenvalue weighted by atomic mass is 10.3. The van der Waals surface area contributed by atoms with Crippen LogP contribution in [-0.4, -0.2) is 5.78 Å². The average Bonchev–Trinajstić information content (AvgIpc) is 1.88. The molecule has 0 fully saturated rings. The Labute approximate surface area is 57.3 Å². The van der Waals surface area contributed by atoms with Gasteiger partial charge < -0.3 is 4.42 Å². The van der Waals surface area contributed by atoms with Crippen LogP contribution in [0.4, 0.5) is 0 Å². The quantitative estimate of drug-likeness (QED) is 0.540. The maximum atomic E-state index is 10.6. The second-order valence-corrected chi connectivity index (χ2v) is 1.89. The third kappa shape index (κ3) is 1.31. The zero-order valence-corrected chi connectivity index (χ0v) is 5.46. The van der Waals surface area contributed by atoms with Crippen LogP contribution in [0.2, 0.25) is 0 Å². The highest BCUT2D eigenvalue weighted by Gasteiger charge is 1.99. The van der Waals surface area contributed by atoms with Crippen LogP contribution in [0.3, 0.4) is 0 Å². The molecule has 0 saturated carbocycles. The van der Waals surface area contributed by atoms with Gasteiger partial charge in [0.25, 0.3) is 0 Å². The topological polar surface area (TPSA) is 47.3 Å². The summed E-state index contributed by atoms with van der Waals surface area (Å²) in [5.74, 6) is -0.134. The first-order valence-electron chi connectivity index (χ1n) is 2.80. The fourth-order valence-corrected chi connectivity index (χ4v) is 0.570. The summed E-state index contributed by atoms with van der Waals surface area (Å²) in [4.78, 5) is 21.1. The third-order valence-electron chi connectivity index (χ3n) is 1.05. The van der Waals surface area contributed by atoms with Gasteiger partial charge in [-0.3, -0.25) is 9.59 Å². The SMILES string of the molecule is CC(=O)c1cc(=O)cco1. The molecule has 0 unspecified atom stereocenters. The normalized spacial score (nSPS) is 9.30. The van der Waals surface area contributed by atoms with Gasteiger partial charge in [0.1, 0.15) is 0 Å². The Hall–Kier alpha value is -1.38. The molecule has 0 aliphatic rings. The van der Waals surface area contributed by atoms with Crippen molar-refractivity contribution in [2.24, 2.45) is 0 Å². The Morgan fingerprint density at radius 1 is 1.60 bits per heavy atom. The first kappa shape index (κ1) is 6.74. The Balaban J connectivity index is 3.20. The fourth-order valence-electron chi connectivity index (χ4n) is 0.570. The zero-order valence-electron chi connectivity index (χ0n) is 5.46. The molecule has 1 aromatic heterocycles. The van der Waals surface area contributed by atoms with Crippen LogP contribution in [-0.2, 0) is 0 Å². The minimum Gasteiger partial charge on any atom is -0.461 e. The van der Waals surface area contributed by atoms with Crippen LogP contribution in [0.1, 0.15) is 17.5 Å². The molecule has 52 valence electrons. The highest BCUT2D eigenvalue weighted by molar-refractivity contribution is 5.90. The van der Waals surface area contributed by atoms with E-state index in [0.29, 0.717) is 0 Å². The molecule has 0 amide bonds. The van der Waals surface area contributed by atoms with Gasteiger partial charge in [-0.2, -0.15) is 0 Å². The van der Waals surface area contributed by atoms with E-state index in [4.69, 9.17) is 4.42 Å². The van der Waals surface area contributed by atoms with Crippen LogP contribution in [0, 0.1) is 0 Å². The summed E-state index contributed by atoms with van der Waals surface area (Å²) < 4.78 is 4.72. The molecule has 0 atom stereocenters. The van der Waals surface area contributed by atoms with Crippen molar-refractivity contribution in [3.8, 4) is 0 Å². The molecule has 3 heteroatoms. The summed E-state index contributed by atoms with van der Waals surface area (Å²) in [7, 11) is 0. The fraction of sp³-hybridized carbons (Fsp3) is 0.143. The first-order chi connectivity index (χ1) is 4.70. The van der Waals surface area contributed by atoms with Gasteiger partial charge in [0.15, 0.2) is 17.0 Å². The first-order valence-corrected chi connectivity index (χ1v) is 2.80. The second-order valence-electron chi connectivity index (χ2n) is 1.89. The lowest BCUT2D eigenvalue weighted by Gasteiger charge is -1.89. The van der Waals surface area contributed by atoms with Gasteiger partial charge in [0, 0.05) is 19.1 Å². The molecular formula is C7H6O3. The molecule has 0 aliphatic carbocycles. The molecule has 0 spiro atoms. The number of carbonyl (C=O) groups excluding carboxylic acids is 1. The Morgan fingerprint density at radius 3 is 2.70 bits per heavy atom. The number of rotatable bonds is 1. The standard InChI is InChI=1S/C7H6O3/c1-5(8)7-4-6(9)2-3-10-7/h2-4H,1H3. The van der Waals surface area contributed by atoms with Crippen LogP contribution >= 0.6 is 0 Å². The van der Waals surface area contributed by atoms with E-state index in [1.165, 1.54) is 25.3 Å². The number of Topliss-reactive ketones (excluding diaryl/α,β-unsaturated/α-hetero) is 1. The molecule has 0 bridgehead atoms. The van der Waals surface area contributed by atoms with Gasteiger partial charge >= 0.3 is 0 Å². The zero-order chi connectivity index (χ0) is 7.56. The van der Waals surface area contributed by atoms with Gasteiger partial charge in [0.05, 0.1) is 6.26 Å². The Bertz CT molecular complexity index is 298. The average molecular weight is 138 g/mol. The smallest absolute Gasteiger partial charge is 0.195 e. The molecule has 1 aromatic rings. The van der Waals surface area contributed by atoms with Crippen LogP contribution < -0.4 is 5.43 Å². The van der Waals surface area contributed by atoms with Crippen molar-refractivity contribution in [1.82, 2.24) is 0 Å². The molecular weight excluding hydrogens is 132 g/mol. The van der Waals surface area contributed by atoms with Gasteiger partial charge in [-0.25, -0.2) is 0 Å². The van der Waals surface area contributed by atoms with Gasteiger partial charge in [-0.15, -0.1) is 0 Å². The summed E-state index contributed by atoms with van der Waals surface area (Å²) in [6, 6.07) is 2.43. The molecule has 0 aromatic carbocycles. The van der Waals surface area contributed by atoms with Gasteiger partial charge in [0.2, 0.25) is 0 Å². The monoisotopic (exact) mass is 138 g/mol. The predicted octanol–water partition coefficient (Wildman–Crippen LogP) is 0.842. The lowest BCUT2D eigenvalue weighted by molar-refractivity contribution is 0.0985. The van der Waals surface area contributed by atoms with E-state index in [9.17, 15) is 9.59 Å². The van der Waals surface area contributed by atoms with Crippen molar-refractivity contribution in [3.63, 3.8) is 0 Å². The summed E-state index contributed by atoms with van der Waals surface area (Å²) in [6.07, 6.45) is 1.21. The summed E-state index contributed by atoms with van der Waals surface area (Å²) in [5.41, 5.74) is -0.212. The van der Waals surface area contributed by atoms with E-state index in [-0.39, 0.29) is 17.0 Å². The van der Waals surface area contributed by atoms with Gasteiger partial charge in [-0.1, -0.05) is 0 Å². The summed E-state index contributed by atoms with van der Waals surface area (Å²) in [5, 5.41) is 0. The van der Waals surface area contributed by atoms with Crippen LogP contribution in [0.5, 0.6) is 0 Å². The van der Waals surface area contributed by atoms with E-state index in [0.717, 1.165) is 0 Å². The number of hydrogen-bond donors (Lipinski definition) is 0. The molecule has 0 radical (unpaired) electrons. The van der Waals surface area contributed by atoms with E-state index >= 15 is 0 Å². The molecule has 10 heavy (non-hydrogen) atoms. The van der Waals surface area contributed by atoms with Crippen molar-refractivity contribution in [1.29, 1.82) is 0 Å². The Kier molecular flexibility index (Phi) is 1.67. The van der Waals surface area contributed by atoms with Crippen molar-refractivity contribution >= 4 is 5.78 Å². The summed E-state index contributed by atoms with van der Waals surface area (Å²) in [6.45, 7) is 1.35. The van der Waals surface area contributed by atoms with E-state index in [1.807, 2.05) is 0 Å². The number of ketones is 1. The molecule has 0 aliphatic heterocycles. The van der Waals surface area contributed by atoms with Crippen LogP contribution in [0.15, 0.2) is 27.6 Å². The maximum absolute atomic E-state index is 10.6. The molecule has 3 nitrogen and oxygen atoms in total. The van der Waals surface area contributed by atoms with Crippen molar-refractivity contribution < 1.29 is 9.21 Å². The highest BCUT2D eigenvalue weighted by atomic mass is 16.3. The predicted molar refractivity (Wildman–Crippen MR) is 35.0 cm³/mol. The van der Waals surface area contributed by atoms with Gasteiger partial charge in [-0.05, 0) is 0 Å². The van der Waals surface area contributed by atoms with Crippen LogP contribution in [0.25, 0.3) is 0 Å². The second kappa shape index (κ2) is 2.47. The minimum absolute atomic E-state index is 0.104. The number of carbonyl (C=O) groups is 1. The summed E-state index contributed by atoms with van der Waals surface area (Å²) >= 11 is 0. The van der Waals surface area contributed by atoms with Crippen molar-refractivity contribution in [2.75, 3.05) is 0 Å². The molecule has 1 heterocycles. The maximum Gasteiger partial charge on any atom is 0.195 e. The van der Waals surface area contributed by atoms with Crippen molar-refractivity contribution in [2.45, 2.75) is 6.92 Å². The Morgan fingerprint density at radius 2 is 2.30 bits per heavy atom. The molecule has 0 saturated heterocycles. The van der Waals surface area contributed by atoms with Crippen molar-refractivity contribution in [3.05, 3.63) is 34.4 Å². The molecule has 1 rings (SSSR count). The lowest BCUT2D eigenvalue weighted by Crippen LogP contribution is -2.00. The van der Waals surface area contributed by atoms with E-state index < -0.39 is 0 Å².